The molecule has 2 N–H and O–H groups in total. The first-order valence-electron chi connectivity index (χ1n) is 9.74. The Kier molecular flexibility index (Phi) is 7.93. The molecule has 2 amide bonds. The number of hydrogen-bond donors (Lipinski definition) is 2. The zero-order valence-electron chi connectivity index (χ0n) is 17.8. The molecular formula is C24H20BrN3O5. The van der Waals surface area contributed by atoms with Crippen molar-refractivity contribution in [2.75, 3.05) is 12.4 Å². The molecule has 0 atom stereocenters. The minimum absolute atomic E-state index is 0.250. The van der Waals surface area contributed by atoms with E-state index < -0.39 is 17.8 Å². The Hall–Kier alpha value is -3.98. The van der Waals surface area contributed by atoms with E-state index in [9.17, 15) is 14.4 Å². The van der Waals surface area contributed by atoms with E-state index >= 15 is 0 Å². The van der Waals surface area contributed by atoms with Crippen LogP contribution in [0.2, 0.25) is 0 Å². The maximum atomic E-state index is 12.6. The van der Waals surface area contributed by atoms with Gasteiger partial charge < -0.3 is 14.8 Å². The van der Waals surface area contributed by atoms with Crippen LogP contribution in [-0.2, 0) is 9.59 Å². The minimum Gasteiger partial charge on any atom is -0.497 e. The molecular weight excluding hydrogens is 490 g/mol. The van der Waals surface area contributed by atoms with Crippen LogP contribution in [0, 0.1) is 0 Å². The Morgan fingerprint density at radius 1 is 0.909 bits per heavy atom. The molecule has 0 saturated heterocycles. The minimum atomic E-state index is -0.942. The normalized spacial score (nSPS) is 10.8. The van der Waals surface area contributed by atoms with Gasteiger partial charge in [-0.1, -0.05) is 34.1 Å². The van der Waals surface area contributed by atoms with Crippen molar-refractivity contribution < 1.29 is 23.9 Å². The van der Waals surface area contributed by atoms with Gasteiger partial charge in [-0.15, -0.1) is 0 Å². The molecule has 3 aromatic rings. The highest BCUT2D eigenvalue weighted by atomic mass is 79.9. The highest BCUT2D eigenvalue weighted by Gasteiger charge is 2.16. The summed E-state index contributed by atoms with van der Waals surface area (Å²) < 4.78 is 11.5. The zero-order valence-corrected chi connectivity index (χ0v) is 19.4. The fraction of sp³-hybridized carbons (Fsp3) is 0.0833. The van der Waals surface area contributed by atoms with E-state index in [0.29, 0.717) is 28.3 Å². The van der Waals surface area contributed by atoms with Crippen molar-refractivity contribution in [3.63, 3.8) is 0 Å². The number of carbonyl (C=O) groups excluding carboxylic acids is 3. The van der Waals surface area contributed by atoms with Crippen LogP contribution in [0.4, 0.5) is 5.69 Å². The van der Waals surface area contributed by atoms with Gasteiger partial charge in [-0.25, -0.2) is 10.2 Å². The number of carbonyl (C=O) groups is 3. The van der Waals surface area contributed by atoms with Gasteiger partial charge in [0, 0.05) is 15.7 Å². The molecule has 0 aliphatic rings. The molecule has 168 valence electrons. The van der Waals surface area contributed by atoms with Crippen molar-refractivity contribution in [2.45, 2.75) is 6.92 Å². The Labute approximate surface area is 198 Å². The van der Waals surface area contributed by atoms with Gasteiger partial charge in [-0.2, -0.15) is 5.10 Å². The van der Waals surface area contributed by atoms with Gasteiger partial charge in [-0.3, -0.25) is 9.59 Å². The predicted octanol–water partition coefficient (Wildman–Crippen LogP) is 4.16. The fourth-order valence-corrected chi connectivity index (χ4v) is 2.99. The number of para-hydroxylation sites is 1. The summed E-state index contributed by atoms with van der Waals surface area (Å²) >= 11 is 3.30. The Bertz CT molecular complexity index is 1210. The van der Waals surface area contributed by atoms with Crippen LogP contribution in [0.5, 0.6) is 11.5 Å². The van der Waals surface area contributed by atoms with Crippen LogP contribution in [0.15, 0.2) is 82.4 Å². The number of hydrazone groups is 1. The second-order valence-corrected chi connectivity index (χ2v) is 7.63. The molecule has 0 aliphatic heterocycles. The summed E-state index contributed by atoms with van der Waals surface area (Å²) in [5, 5.41) is 6.45. The number of nitrogens with zero attached hydrogens (tertiary/aromatic N) is 1. The van der Waals surface area contributed by atoms with E-state index in [1.807, 2.05) is 0 Å². The van der Waals surface area contributed by atoms with Crippen molar-refractivity contribution in [3.8, 4) is 11.5 Å². The number of halogens is 1. The van der Waals surface area contributed by atoms with Gasteiger partial charge in [0.1, 0.15) is 11.5 Å². The molecule has 0 aromatic heterocycles. The molecule has 0 spiro atoms. The van der Waals surface area contributed by atoms with Gasteiger partial charge in [0.15, 0.2) is 0 Å². The average molecular weight is 510 g/mol. The van der Waals surface area contributed by atoms with Crippen LogP contribution in [0.1, 0.15) is 22.8 Å². The summed E-state index contributed by atoms with van der Waals surface area (Å²) in [5.41, 5.74) is 3.81. The second-order valence-electron chi connectivity index (χ2n) is 6.72. The molecule has 9 heteroatoms. The van der Waals surface area contributed by atoms with Gasteiger partial charge in [-0.05, 0) is 61.5 Å². The van der Waals surface area contributed by atoms with Crippen molar-refractivity contribution in [1.82, 2.24) is 5.43 Å². The maximum absolute atomic E-state index is 12.6. The van der Waals surface area contributed by atoms with E-state index in [4.69, 9.17) is 9.47 Å². The number of ether oxygens (including phenoxy) is 2. The van der Waals surface area contributed by atoms with Gasteiger partial charge in [0.2, 0.25) is 0 Å². The smallest absolute Gasteiger partial charge is 0.343 e. The Morgan fingerprint density at radius 3 is 2.36 bits per heavy atom. The summed E-state index contributed by atoms with van der Waals surface area (Å²) in [7, 11) is 1.51. The summed E-state index contributed by atoms with van der Waals surface area (Å²) in [6.45, 7) is 1.62. The van der Waals surface area contributed by atoms with Crippen molar-refractivity contribution in [2.24, 2.45) is 5.10 Å². The first kappa shape index (κ1) is 23.7. The van der Waals surface area contributed by atoms with Crippen LogP contribution in [0.25, 0.3) is 0 Å². The lowest BCUT2D eigenvalue weighted by Gasteiger charge is -2.10. The summed E-state index contributed by atoms with van der Waals surface area (Å²) in [6.07, 6.45) is 0. The molecule has 0 heterocycles. The van der Waals surface area contributed by atoms with E-state index in [-0.39, 0.29) is 5.75 Å². The topological polar surface area (TPSA) is 106 Å². The third-order valence-corrected chi connectivity index (χ3v) is 4.95. The van der Waals surface area contributed by atoms with E-state index in [2.05, 4.69) is 31.8 Å². The Morgan fingerprint density at radius 2 is 1.64 bits per heavy atom. The SMILES string of the molecule is COc1cccc(C(=O)Oc2ccccc2C(C)=NNC(=O)C(=O)Nc2ccc(Br)cc2)c1. The lowest BCUT2D eigenvalue weighted by Crippen LogP contribution is -2.33. The molecule has 3 rings (SSSR count). The first-order chi connectivity index (χ1) is 15.9. The third-order valence-electron chi connectivity index (χ3n) is 4.42. The largest absolute Gasteiger partial charge is 0.497 e. The summed E-state index contributed by atoms with van der Waals surface area (Å²) in [6, 6.07) is 20.1. The average Bonchev–Trinajstić information content (AvgIpc) is 2.84. The van der Waals surface area contributed by atoms with Crippen LogP contribution >= 0.6 is 15.9 Å². The summed E-state index contributed by atoms with van der Waals surface area (Å²) in [5.74, 6) is -1.61. The Balaban J connectivity index is 1.68. The van der Waals surface area contributed by atoms with E-state index in [1.54, 1.807) is 79.7 Å². The molecule has 0 aliphatic carbocycles. The van der Waals surface area contributed by atoms with Crippen molar-refractivity contribution >= 4 is 45.1 Å². The van der Waals surface area contributed by atoms with Crippen molar-refractivity contribution in [3.05, 3.63) is 88.4 Å². The number of methoxy groups -OCH3 is 1. The van der Waals surface area contributed by atoms with Crippen LogP contribution < -0.4 is 20.2 Å². The summed E-state index contributed by atoms with van der Waals surface area (Å²) in [4.78, 5) is 36.8. The second kappa shape index (κ2) is 11.1. The molecule has 0 unspecified atom stereocenters. The number of benzene rings is 3. The maximum Gasteiger partial charge on any atom is 0.343 e. The molecule has 33 heavy (non-hydrogen) atoms. The number of esters is 1. The highest BCUT2D eigenvalue weighted by molar-refractivity contribution is 9.10. The lowest BCUT2D eigenvalue weighted by molar-refractivity contribution is -0.136. The molecule has 0 saturated carbocycles. The number of amides is 2. The number of nitrogens with one attached hydrogen (secondary N) is 2. The van der Waals surface area contributed by atoms with Crippen LogP contribution in [-0.4, -0.2) is 30.6 Å². The monoisotopic (exact) mass is 509 g/mol. The highest BCUT2D eigenvalue weighted by Crippen LogP contribution is 2.21. The van der Waals surface area contributed by atoms with E-state index in [0.717, 1.165) is 4.47 Å². The van der Waals surface area contributed by atoms with Gasteiger partial charge in [0.05, 0.1) is 18.4 Å². The molecule has 0 radical (unpaired) electrons. The van der Waals surface area contributed by atoms with Gasteiger partial charge in [0.25, 0.3) is 0 Å². The molecule has 8 nitrogen and oxygen atoms in total. The first-order valence-corrected chi connectivity index (χ1v) is 10.5. The molecule has 0 fully saturated rings. The number of rotatable bonds is 6. The zero-order chi connectivity index (χ0) is 23.8. The lowest BCUT2D eigenvalue weighted by atomic mass is 10.1. The van der Waals surface area contributed by atoms with E-state index in [1.165, 1.54) is 7.11 Å². The third kappa shape index (κ3) is 6.50. The molecule has 3 aromatic carbocycles. The standard InChI is InChI=1S/C24H20BrN3O5/c1-15(27-28-23(30)22(29)26-18-12-10-17(25)11-13-18)20-8-3-4-9-21(20)33-24(31)16-6-5-7-19(14-16)32-2/h3-14H,1-2H3,(H,26,29)(H,28,30). The number of hydrogen-bond acceptors (Lipinski definition) is 6. The van der Waals surface area contributed by atoms with Crippen LogP contribution in [0.3, 0.4) is 0 Å². The number of anilines is 1. The predicted molar refractivity (Wildman–Crippen MR) is 128 cm³/mol. The fourth-order valence-electron chi connectivity index (χ4n) is 2.73. The van der Waals surface area contributed by atoms with Crippen molar-refractivity contribution in [1.29, 1.82) is 0 Å². The molecule has 0 bridgehead atoms. The van der Waals surface area contributed by atoms with Gasteiger partial charge >= 0.3 is 17.8 Å². The quantitative estimate of drug-likeness (QED) is 0.170.